The lowest BCUT2D eigenvalue weighted by Crippen LogP contribution is -1.92. The molecule has 0 aliphatic heterocycles. The van der Waals surface area contributed by atoms with Crippen LogP contribution in [-0.2, 0) is 5.75 Å². The van der Waals surface area contributed by atoms with Crippen LogP contribution in [0.4, 0.5) is 0 Å². The smallest absolute Gasteiger partial charge is 0.138 e. The maximum Gasteiger partial charge on any atom is 0.138 e. The van der Waals surface area contributed by atoms with E-state index in [2.05, 4.69) is 9.97 Å². The summed E-state index contributed by atoms with van der Waals surface area (Å²) in [6, 6.07) is 1.81. The average Bonchev–Trinajstić information content (AvgIpc) is 2.14. The number of aliphatic hydroxyl groups excluding tert-OH is 1. The minimum atomic E-state index is 0.267. The van der Waals surface area contributed by atoms with E-state index < -0.39 is 0 Å². The van der Waals surface area contributed by atoms with Crippen molar-refractivity contribution in [3.8, 4) is 0 Å². The molecule has 0 aliphatic rings. The van der Waals surface area contributed by atoms with Gasteiger partial charge in [0.1, 0.15) is 5.82 Å². The van der Waals surface area contributed by atoms with Crippen molar-refractivity contribution >= 4 is 11.8 Å². The van der Waals surface area contributed by atoms with Crippen LogP contribution in [-0.4, -0.2) is 27.4 Å². The Morgan fingerprint density at radius 1 is 1.33 bits per heavy atom. The van der Waals surface area contributed by atoms with Crippen LogP contribution >= 0.6 is 11.8 Å². The van der Waals surface area contributed by atoms with Crippen molar-refractivity contribution in [2.45, 2.75) is 12.2 Å². The Bertz CT molecular complexity index is 205. The fourth-order valence-electron chi connectivity index (χ4n) is 0.735. The molecule has 0 aromatic carbocycles. The van der Waals surface area contributed by atoms with Gasteiger partial charge >= 0.3 is 0 Å². The zero-order chi connectivity index (χ0) is 8.65. The molecule has 1 aromatic rings. The Morgan fingerprint density at radius 3 is 2.75 bits per heavy atom. The van der Waals surface area contributed by atoms with Gasteiger partial charge < -0.3 is 5.11 Å². The van der Waals surface area contributed by atoms with E-state index in [0.717, 1.165) is 23.8 Å². The number of aromatic nitrogens is 2. The topological polar surface area (TPSA) is 46.0 Å². The van der Waals surface area contributed by atoms with Crippen molar-refractivity contribution in [2.75, 3.05) is 12.4 Å². The fourth-order valence-corrected chi connectivity index (χ4v) is 1.54. The van der Waals surface area contributed by atoms with Gasteiger partial charge in [-0.05, 0) is 18.2 Å². The first-order chi connectivity index (χ1) is 5.93. The molecule has 1 N–H and O–H groups in total. The predicted molar refractivity (Wildman–Crippen MR) is 49.9 cm³/mol. The highest BCUT2D eigenvalue weighted by Crippen LogP contribution is 2.07. The third-order valence-electron chi connectivity index (χ3n) is 1.30. The first-order valence-corrected chi connectivity index (χ1v) is 5.03. The number of thioether (sulfide) groups is 1. The van der Waals surface area contributed by atoms with Gasteiger partial charge in [0.05, 0.1) is 5.75 Å². The van der Waals surface area contributed by atoms with Crippen LogP contribution in [0, 0.1) is 0 Å². The van der Waals surface area contributed by atoms with E-state index in [4.69, 9.17) is 5.11 Å². The average molecular weight is 184 g/mol. The molecule has 0 amide bonds. The first kappa shape index (κ1) is 9.48. The van der Waals surface area contributed by atoms with Crippen LogP contribution in [0.2, 0.25) is 0 Å². The molecule has 1 rings (SSSR count). The molecule has 0 aliphatic carbocycles. The van der Waals surface area contributed by atoms with Gasteiger partial charge in [0.2, 0.25) is 0 Å². The molecule has 0 fully saturated rings. The second-order valence-electron chi connectivity index (χ2n) is 2.29. The second-order valence-corrected chi connectivity index (χ2v) is 3.40. The van der Waals surface area contributed by atoms with E-state index in [1.54, 1.807) is 24.2 Å². The molecule has 12 heavy (non-hydrogen) atoms. The summed E-state index contributed by atoms with van der Waals surface area (Å²) in [6.45, 7) is 0.267. The fraction of sp³-hybridized carbons (Fsp3) is 0.500. The summed E-state index contributed by atoms with van der Waals surface area (Å²) >= 11 is 1.75. The molecular formula is C8H12N2OS. The van der Waals surface area contributed by atoms with Crippen molar-refractivity contribution in [1.82, 2.24) is 9.97 Å². The molecule has 0 bridgehead atoms. The zero-order valence-electron chi connectivity index (χ0n) is 6.81. The van der Waals surface area contributed by atoms with E-state index in [0.29, 0.717) is 0 Å². The molecule has 0 unspecified atom stereocenters. The number of rotatable bonds is 5. The summed E-state index contributed by atoms with van der Waals surface area (Å²) in [5.41, 5.74) is 0. The second kappa shape index (κ2) is 5.97. The third kappa shape index (κ3) is 3.69. The number of hydrogen-bond acceptors (Lipinski definition) is 4. The Kier molecular flexibility index (Phi) is 4.71. The van der Waals surface area contributed by atoms with Gasteiger partial charge in [0.25, 0.3) is 0 Å². The standard InChI is InChI=1S/C8H12N2OS/c11-5-2-6-12-7-8-9-3-1-4-10-8/h1,3-4,11H,2,5-7H2. The maximum atomic E-state index is 8.52. The SMILES string of the molecule is OCCCSCc1ncccn1. The lowest BCUT2D eigenvalue weighted by molar-refractivity contribution is 0.296. The molecule has 0 saturated carbocycles. The van der Waals surface area contributed by atoms with Crippen LogP contribution in [0.15, 0.2) is 18.5 Å². The summed E-state index contributed by atoms with van der Waals surface area (Å²) in [5.74, 6) is 2.66. The van der Waals surface area contributed by atoms with Gasteiger partial charge in [-0.1, -0.05) is 0 Å². The Hall–Kier alpha value is -0.610. The zero-order valence-corrected chi connectivity index (χ0v) is 7.63. The summed E-state index contributed by atoms with van der Waals surface area (Å²) < 4.78 is 0. The Balaban J connectivity index is 2.16. The molecule has 4 heteroatoms. The minimum absolute atomic E-state index is 0.267. The molecule has 3 nitrogen and oxygen atoms in total. The van der Waals surface area contributed by atoms with Crippen LogP contribution in [0.5, 0.6) is 0 Å². The van der Waals surface area contributed by atoms with Gasteiger partial charge in [-0.25, -0.2) is 9.97 Å². The van der Waals surface area contributed by atoms with Crippen LogP contribution in [0.3, 0.4) is 0 Å². The number of aliphatic hydroxyl groups is 1. The van der Waals surface area contributed by atoms with Crippen molar-refractivity contribution < 1.29 is 5.11 Å². The molecule has 0 saturated heterocycles. The largest absolute Gasteiger partial charge is 0.396 e. The highest BCUT2D eigenvalue weighted by Gasteiger charge is 1.93. The summed E-state index contributed by atoms with van der Waals surface area (Å²) in [6.07, 6.45) is 4.33. The number of hydrogen-bond donors (Lipinski definition) is 1. The van der Waals surface area contributed by atoms with Crippen molar-refractivity contribution in [3.05, 3.63) is 24.3 Å². The maximum absolute atomic E-state index is 8.52. The minimum Gasteiger partial charge on any atom is -0.396 e. The van der Waals surface area contributed by atoms with Gasteiger partial charge in [0, 0.05) is 19.0 Å². The molecule has 0 spiro atoms. The predicted octanol–water partition coefficient (Wildman–Crippen LogP) is 1.09. The normalized spacial score (nSPS) is 10.1. The van der Waals surface area contributed by atoms with Crippen LogP contribution < -0.4 is 0 Å². The van der Waals surface area contributed by atoms with E-state index in [1.807, 2.05) is 6.07 Å². The third-order valence-corrected chi connectivity index (χ3v) is 2.34. The van der Waals surface area contributed by atoms with Gasteiger partial charge in [-0.15, -0.1) is 0 Å². The highest BCUT2D eigenvalue weighted by atomic mass is 32.2. The van der Waals surface area contributed by atoms with E-state index in [9.17, 15) is 0 Å². The van der Waals surface area contributed by atoms with Crippen molar-refractivity contribution in [3.63, 3.8) is 0 Å². The van der Waals surface area contributed by atoms with Gasteiger partial charge in [-0.3, -0.25) is 0 Å². The number of nitrogens with zero attached hydrogens (tertiary/aromatic N) is 2. The summed E-state index contributed by atoms with van der Waals surface area (Å²) in [4.78, 5) is 8.16. The van der Waals surface area contributed by atoms with Gasteiger partial charge in [0.15, 0.2) is 0 Å². The van der Waals surface area contributed by atoms with E-state index in [1.165, 1.54) is 0 Å². The lowest BCUT2D eigenvalue weighted by Gasteiger charge is -1.97. The first-order valence-electron chi connectivity index (χ1n) is 3.88. The molecule has 0 radical (unpaired) electrons. The van der Waals surface area contributed by atoms with Crippen molar-refractivity contribution in [1.29, 1.82) is 0 Å². The Morgan fingerprint density at radius 2 is 2.08 bits per heavy atom. The van der Waals surface area contributed by atoms with Crippen molar-refractivity contribution in [2.24, 2.45) is 0 Å². The molecular weight excluding hydrogens is 172 g/mol. The van der Waals surface area contributed by atoms with E-state index >= 15 is 0 Å². The van der Waals surface area contributed by atoms with Gasteiger partial charge in [-0.2, -0.15) is 11.8 Å². The van der Waals surface area contributed by atoms with Crippen LogP contribution in [0.25, 0.3) is 0 Å². The van der Waals surface area contributed by atoms with E-state index in [-0.39, 0.29) is 6.61 Å². The quantitative estimate of drug-likeness (QED) is 0.696. The highest BCUT2D eigenvalue weighted by molar-refractivity contribution is 7.98. The Labute approximate surface area is 76.2 Å². The lowest BCUT2D eigenvalue weighted by atomic mass is 10.5. The molecule has 66 valence electrons. The van der Waals surface area contributed by atoms with Crippen LogP contribution in [0.1, 0.15) is 12.2 Å². The summed E-state index contributed by atoms with van der Waals surface area (Å²) in [5, 5.41) is 8.52. The summed E-state index contributed by atoms with van der Waals surface area (Å²) in [7, 11) is 0. The molecule has 1 heterocycles. The molecule has 1 aromatic heterocycles. The monoisotopic (exact) mass is 184 g/mol. The molecule has 0 atom stereocenters.